The quantitative estimate of drug-likeness (QED) is 0.400. The number of oxime groups is 1. The van der Waals surface area contributed by atoms with E-state index in [1.165, 1.54) is 52.4 Å². The Balaban J connectivity index is 2.20. The molecule has 1 N–H and O–H groups in total. The molecule has 2 nitrogen and oxygen atoms in total. The molecule has 0 radical (unpaired) electrons. The third-order valence-electron chi connectivity index (χ3n) is 5.95. The van der Waals surface area contributed by atoms with Crippen LogP contribution >= 0.6 is 0 Å². The van der Waals surface area contributed by atoms with Crippen molar-refractivity contribution in [1.29, 1.82) is 0 Å². The molecule has 0 heterocycles. The van der Waals surface area contributed by atoms with Crippen molar-refractivity contribution in [3.8, 4) is 11.1 Å². The zero-order valence-corrected chi connectivity index (χ0v) is 16.3. The zero-order valence-electron chi connectivity index (χ0n) is 16.3. The molecule has 0 spiro atoms. The van der Waals surface area contributed by atoms with Crippen LogP contribution < -0.4 is 0 Å². The van der Waals surface area contributed by atoms with Crippen LogP contribution in [0.1, 0.15) is 68.4 Å². The van der Waals surface area contributed by atoms with Gasteiger partial charge in [0.15, 0.2) is 0 Å². The Morgan fingerprint density at radius 2 is 1.40 bits per heavy atom. The van der Waals surface area contributed by atoms with Crippen LogP contribution in [-0.4, -0.2) is 11.4 Å². The van der Waals surface area contributed by atoms with E-state index >= 15 is 0 Å². The largest absolute Gasteiger partial charge is 0.411 e. The lowest BCUT2D eigenvalue weighted by atomic mass is 9.62. The fourth-order valence-corrected chi connectivity index (χ4v) is 4.15. The van der Waals surface area contributed by atoms with Gasteiger partial charge in [0.2, 0.25) is 0 Å². The summed E-state index contributed by atoms with van der Waals surface area (Å²) in [5.74, 6) is 0. The lowest BCUT2D eigenvalue weighted by molar-refractivity contribution is 0.322. The molecule has 0 fully saturated rings. The second-order valence-corrected chi connectivity index (χ2v) is 8.80. The lowest BCUT2D eigenvalue weighted by Gasteiger charge is -2.42. The first-order valence-corrected chi connectivity index (χ1v) is 9.10. The van der Waals surface area contributed by atoms with Crippen LogP contribution in [0.15, 0.2) is 35.5 Å². The van der Waals surface area contributed by atoms with Gasteiger partial charge in [-0.1, -0.05) is 57.1 Å². The summed E-state index contributed by atoms with van der Waals surface area (Å²) in [5.41, 5.74) is 9.47. The molecule has 0 atom stereocenters. The van der Waals surface area contributed by atoms with Gasteiger partial charge in [0.05, 0.1) is 6.21 Å². The van der Waals surface area contributed by atoms with E-state index in [-0.39, 0.29) is 10.8 Å². The first kappa shape index (κ1) is 17.7. The van der Waals surface area contributed by atoms with Crippen molar-refractivity contribution in [1.82, 2.24) is 0 Å². The number of benzene rings is 2. The number of nitrogens with zero attached hydrogens (tertiary/aromatic N) is 1. The van der Waals surface area contributed by atoms with Crippen LogP contribution in [0.25, 0.3) is 11.1 Å². The third-order valence-corrected chi connectivity index (χ3v) is 5.95. The summed E-state index contributed by atoms with van der Waals surface area (Å²) < 4.78 is 0. The van der Waals surface area contributed by atoms with Crippen molar-refractivity contribution >= 4 is 6.21 Å². The van der Waals surface area contributed by atoms with Gasteiger partial charge >= 0.3 is 0 Å². The molecule has 1 aliphatic rings. The predicted molar refractivity (Wildman–Crippen MR) is 106 cm³/mol. The first-order valence-electron chi connectivity index (χ1n) is 9.10. The SMILES string of the molecule is Cc1cc(/C=N/O)ccc1-c1cc2c(cc1C)C(C)(C)CCC2(C)C. The van der Waals surface area contributed by atoms with Crippen LogP contribution in [0.4, 0.5) is 0 Å². The topological polar surface area (TPSA) is 32.6 Å². The van der Waals surface area contributed by atoms with E-state index in [4.69, 9.17) is 5.21 Å². The molecule has 2 aromatic rings. The van der Waals surface area contributed by atoms with Crippen LogP contribution in [0, 0.1) is 13.8 Å². The Morgan fingerprint density at radius 1 is 0.840 bits per heavy atom. The number of fused-ring (bicyclic) bond motifs is 1. The fourth-order valence-electron chi connectivity index (χ4n) is 4.15. The van der Waals surface area contributed by atoms with Gasteiger partial charge in [-0.15, -0.1) is 0 Å². The molecule has 3 rings (SSSR count). The van der Waals surface area contributed by atoms with E-state index in [9.17, 15) is 0 Å². The average Bonchev–Trinajstić information content (AvgIpc) is 2.53. The molecule has 0 bridgehead atoms. The van der Waals surface area contributed by atoms with Crippen molar-refractivity contribution in [2.24, 2.45) is 5.16 Å². The maximum atomic E-state index is 8.75. The Hall–Kier alpha value is -2.09. The summed E-state index contributed by atoms with van der Waals surface area (Å²) in [5, 5.41) is 11.9. The van der Waals surface area contributed by atoms with E-state index in [2.05, 4.69) is 71.0 Å². The molecule has 2 aromatic carbocycles. The molecule has 0 saturated carbocycles. The molecule has 2 heteroatoms. The van der Waals surface area contributed by atoms with E-state index in [0.29, 0.717) is 0 Å². The van der Waals surface area contributed by atoms with Crippen molar-refractivity contribution in [2.45, 2.75) is 65.2 Å². The molecule has 0 aromatic heterocycles. The number of aryl methyl sites for hydroxylation is 2. The van der Waals surface area contributed by atoms with Gasteiger partial charge in [0.25, 0.3) is 0 Å². The number of hydrogen-bond acceptors (Lipinski definition) is 2. The van der Waals surface area contributed by atoms with Crippen LogP contribution in [0.2, 0.25) is 0 Å². The number of rotatable bonds is 2. The Labute approximate surface area is 151 Å². The Morgan fingerprint density at radius 3 is 1.96 bits per heavy atom. The fraction of sp³-hybridized carbons (Fsp3) is 0.435. The molecule has 132 valence electrons. The summed E-state index contributed by atoms with van der Waals surface area (Å²) in [6, 6.07) is 11.1. The predicted octanol–water partition coefficient (Wildman–Crippen LogP) is 6.13. The maximum Gasteiger partial charge on any atom is 0.0733 e. The lowest BCUT2D eigenvalue weighted by Crippen LogP contribution is -2.34. The first-order chi connectivity index (χ1) is 11.7. The molecule has 0 amide bonds. The monoisotopic (exact) mass is 335 g/mol. The molecule has 0 unspecified atom stereocenters. The normalized spacial score (nSPS) is 18.3. The molecular formula is C23H29NO. The minimum absolute atomic E-state index is 0.213. The second-order valence-electron chi connectivity index (χ2n) is 8.80. The summed E-state index contributed by atoms with van der Waals surface area (Å²) in [6.45, 7) is 13.8. The van der Waals surface area contributed by atoms with Crippen molar-refractivity contribution in [2.75, 3.05) is 0 Å². The highest BCUT2D eigenvalue weighted by Gasteiger charge is 2.37. The minimum atomic E-state index is 0.213. The molecule has 0 aliphatic heterocycles. The van der Waals surface area contributed by atoms with Gasteiger partial charge in [-0.05, 0) is 82.5 Å². The highest BCUT2D eigenvalue weighted by Crippen LogP contribution is 2.47. The van der Waals surface area contributed by atoms with E-state index in [1.54, 1.807) is 0 Å². The highest BCUT2D eigenvalue weighted by atomic mass is 16.4. The number of hydrogen-bond donors (Lipinski definition) is 1. The molecule has 25 heavy (non-hydrogen) atoms. The van der Waals surface area contributed by atoms with Gasteiger partial charge in [-0.25, -0.2) is 0 Å². The highest BCUT2D eigenvalue weighted by molar-refractivity contribution is 5.82. The Kier molecular flexibility index (Phi) is 4.26. The smallest absolute Gasteiger partial charge is 0.0733 e. The summed E-state index contributed by atoms with van der Waals surface area (Å²) in [7, 11) is 0. The standard InChI is InChI=1S/C23H29NO/c1-15-11-17(14-24-25)7-8-18(15)19-13-21-20(12-16(19)2)22(3,4)9-10-23(21,5)6/h7-8,11-14,25H,9-10H2,1-6H3/b24-14+. The Bertz CT molecular complexity index is 843. The van der Waals surface area contributed by atoms with Crippen molar-refractivity contribution in [3.63, 3.8) is 0 Å². The van der Waals surface area contributed by atoms with Gasteiger partial charge in [0, 0.05) is 0 Å². The van der Waals surface area contributed by atoms with Crippen LogP contribution in [-0.2, 0) is 10.8 Å². The van der Waals surface area contributed by atoms with E-state index in [0.717, 1.165) is 5.56 Å². The minimum Gasteiger partial charge on any atom is -0.411 e. The summed E-state index contributed by atoms with van der Waals surface area (Å²) in [6.07, 6.45) is 3.93. The van der Waals surface area contributed by atoms with E-state index < -0.39 is 0 Å². The van der Waals surface area contributed by atoms with Gasteiger partial charge in [-0.2, -0.15) is 0 Å². The summed E-state index contributed by atoms with van der Waals surface area (Å²) >= 11 is 0. The molecular weight excluding hydrogens is 306 g/mol. The zero-order chi connectivity index (χ0) is 18.4. The summed E-state index contributed by atoms with van der Waals surface area (Å²) in [4.78, 5) is 0. The van der Waals surface area contributed by atoms with Gasteiger partial charge in [-0.3, -0.25) is 0 Å². The maximum absolute atomic E-state index is 8.75. The van der Waals surface area contributed by atoms with E-state index in [1.807, 2.05) is 6.07 Å². The van der Waals surface area contributed by atoms with Gasteiger partial charge < -0.3 is 5.21 Å². The van der Waals surface area contributed by atoms with Gasteiger partial charge in [0.1, 0.15) is 0 Å². The van der Waals surface area contributed by atoms with Crippen LogP contribution in [0.5, 0.6) is 0 Å². The second kappa shape index (κ2) is 6.01. The van der Waals surface area contributed by atoms with Crippen LogP contribution in [0.3, 0.4) is 0 Å². The van der Waals surface area contributed by atoms with Crippen molar-refractivity contribution < 1.29 is 5.21 Å². The van der Waals surface area contributed by atoms with Crippen molar-refractivity contribution in [3.05, 3.63) is 58.1 Å². The average molecular weight is 335 g/mol. The molecule has 1 aliphatic carbocycles. The third kappa shape index (κ3) is 3.10. The molecule has 0 saturated heterocycles.